The van der Waals surface area contributed by atoms with Crippen LogP contribution in [0.3, 0.4) is 0 Å². The van der Waals surface area contributed by atoms with Crippen molar-refractivity contribution in [3.8, 4) is 0 Å². The fourth-order valence-electron chi connectivity index (χ4n) is 1.87. The zero-order valence-electron chi connectivity index (χ0n) is 9.20. The van der Waals surface area contributed by atoms with Gasteiger partial charge in [0.05, 0.1) is 12.5 Å². The molecule has 0 radical (unpaired) electrons. The largest absolute Gasteiger partial charge is 0.472 e. The Balaban J connectivity index is 2.48. The second kappa shape index (κ2) is 4.10. The molecule has 1 N–H and O–H groups in total. The van der Waals surface area contributed by atoms with Crippen LogP contribution in [0, 0.1) is 19.7 Å². The van der Waals surface area contributed by atoms with Gasteiger partial charge in [0.15, 0.2) is 0 Å². The molecule has 1 atom stereocenters. The van der Waals surface area contributed by atoms with E-state index in [4.69, 9.17) is 4.42 Å². The molecule has 2 rings (SSSR count). The molecule has 0 fully saturated rings. The van der Waals surface area contributed by atoms with E-state index in [1.807, 2.05) is 13.0 Å². The van der Waals surface area contributed by atoms with Crippen LogP contribution in [0.2, 0.25) is 0 Å². The number of hydrogen-bond acceptors (Lipinski definition) is 2. The molecule has 0 aliphatic heterocycles. The van der Waals surface area contributed by atoms with Crippen molar-refractivity contribution in [2.24, 2.45) is 0 Å². The van der Waals surface area contributed by atoms with E-state index in [-0.39, 0.29) is 5.82 Å². The van der Waals surface area contributed by atoms with Gasteiger partial charge in [-0.1, -0.05) is 6.07 Å². The Hall–Kier alpha value is -1.61. The molecule has 1 aromatic heterocycles. The van der Waals surface area contributed by atoms with Crippen LogP contribution in [0.1, 0.15) is 28.4 Å². The van der Waals surface area contributed by atoms with E-state index < -0.39 is 6.10 Å². The van der Waals surface area contributed by atoms with E-state index in [9.17, 15) is 9.50 Å². The number of halogens is 1. The summed E-state index contributed by atoms with van der Waals surface area (Å²) in [5, 5.41) is 10.0. The second-order valence-corrected chi connectivity index (χ2v) is 3.94. The number of furan rings is 1. The SMILES string of the molecule is Cc1cc(C)c(C(O)c2ccoc2)c(F)c1. The molecule has 2 nitrogen and oxygen atoms in total. The van der Waals surface area contributed by atoms with E-state index in [0.29, 0.717) is 11.1 Å². The normalized spacial score (nSPS) is 12.8. The summed E-state index contributed by atoms with van der Waals surface area (Å²) in [7, 11) is 0. The molecule has 16 heavy (non-hydrogen) atoms. The highest BCUT2D eigenvalue weighted by molar-refractivity contribution is 5.37. The van der Waals surface area contributed by atoms with Crippen molar-refractivity contribution in [3.05, 3.63) is 58.8 Å². The second-order valence-electron chi connectivity index (χ2n) is 3.94. The summed E-state index contributed by atoms with van der Waals surface area (Å²) < 4.78 is 18.6. The smallest absolute Gasteiger partial charge is 0.129 e. The number of benzene rings is 1. The summed E-state index contributed by atoms with van der Waals surface area (Å²) >= 11 is 0. The molecule has 0 amide bonds. The molecule has 3 heteroatoms. The Morgan fingerprint density at radius 3 is 2.62 bits per heavy atom. The van der Waals surface area contributed by atoms with Crippen molar-refractivity contribution < 1.29 is 13.9 Å². The fraction of sp³-hybridized carbons (Fsp3) is 0.231. The third-order valence-electron chi connectivity index (χ3n) is 2.61. The summed E-state index contributed by atoms with van der Waals surface area (Å²) in [4.78, 5) is 0. The van der Waals surface area contributed by atoms with Crippen LogP contribution < -0.4 is 0 Å². The monoisotopic (exact) mass is 220 g/mol. The molecular weight excluding hydrogens is 207 g/mol. The van der Waals surface area contributed by atoms with Crippen molar-refractivity contribution in [2.45, 2.75) is 20.0 Å². The average Bonchev–Trinajstić information content (AvgIpc) is 2.67. The molecule has 0 aliphatic rings. The number of aliphatic hydroxyl groups is 1. The minimum atomic E-state index is -0.973. The van der Waals surface area contributed by atoms with Crippen molar-refractivity contribution in [2.75, 3.05) is 0 Å². The highest BCUT2D eigenvalue weighted by Gasteiger charge is 2.18. The van der Waals surface area contributed by atoms with Gasteiger partial charge in [-0.3, -0.25) is 0 Å². The van der Waals surface area contributed by atoms with E-state index in [0.717, 1.165) is 11.1 Å². The van der Waals surface area contributed by atoms with Gasteiger partial charge in [-0.05, 0) is 37.1 Å². The Labute approximate surface area is 93.3 Å². The first kappa shape index (κ1) is 10.9. The Kier molecular flexibility index (Phi) is 2.79. The third kappa shape index (κ3) is 1.86. The first-order chi connectivity index (χ1) is 7.59. The quantitative estimate of drug-likeness (QED) is 0.843. The molecule has 2 aromatic rings. The predicted octanol–water partition coefficient (Wildman–Crippen LogP) is 3.12. The molecule has 0 saturated heterocycles. The predicted molar refractivity (Wildman–Crippen MR) is 58.6 cm³/mol. The maximum absolute atomic E-state index is 13.8. The highest BCUT2D eigenvalue weighted by Crippen LogP contribution is 2.28. The number of hydrogen-bond donors (Lipinski definition) is 1. The van der Waals surface area contributed by atoms with Crippen molar-refractivity contribution >= 4 is 0 Å². The number of aliphatic hydroxyl groups excluding tert-OH is 1. The van der Waals surface area contributed by atoms with Gasteiger partial charge in [0.1, 0.15) is 11.9 Å². The van der Waals surface area contributed by atoms with Gasteiger partial charge in [-0.25, -0.2) is 4.39 Å². The zero-order chi connectivity index (χ0) is 11.7. The maximum atomic E-state index is 13.8. The van der Waals surface area contributed by atoms with E-state index in [1.165, 1.54) is 18.6 Å². The molecular formula is C13H13FO2. The standard InChI is InChI=1S/C13H13FO2/c1-8-5-9(2)12(11(14)6-8)13(15)10-3-4-16-7-10/h3-7,13,15H,1-2H3. The van der Waals surface area contributed by atoms with Gasteiger partial charge >= 0.3 is 0 Å². The van der Waals surface area contributed by atoms with Crippen molar-refractivity contribution in [1.82, 2.24) is 0 Å². The van der Waals surface area contributed by atoms with Crippen LogP contribution in [0.4, 0.5) is 4.39 Å². The number of aryl methyl sites for hydroxylation is 2. The van der Waals surface area contributed by atoms with Crippen LogP contribution in [-0.4, -0.2) is 5.11 Å². The average molecular weight is 220 g/mol. The van der Waals surface area contributed by atoms with Gasteiger partial charge < -0.3 is 9.52 Å². The molecule has 0 aliphatic carbocycles. The summed E-state index contributed by atoms with van der Waals surface area (Å²) in [6.45, 7) is 3.61. The van der Waals surface area contributed by atoms with Crippen LogP contribution in [0.5, 0.6) is 0 Å². The van der Waals surface area contributed by atoms with E-state index >= 15 is 0 Å². The molecule has 0 bridgehead atoms. The lowest BCUT2D eigenvalue weighted by molar-refractivity contribution is 0.213. The van der Waals surface area contributed by atoms with Crippen LogP contribution in [0.15, 0.2) is 35.1 Å². The summed E-state index contributed by atoms with van der Waals surface area (Å²) in [6.07, 6.45) is 1.91. The highest BCUT2D eigenvalue weighted by atomic mass is 19.1. The minimum absolute atomic E-state index is 0.312. The molecule has 1 unspecified atom stereocenters. The lowest BCUT2D eigenvalue weighted by Crippen LogP contribution is -2.04. The third-order valence-corrected chi connectivity index (χ3v) is 2.61. The Bertz CT molecular complexity index is 466. The fourth-order valence-corrected chi connectivity index (χ4v) is 1.87. The molecule has 84 valence electrons. The van der Waals surface area contributed by atoms with Gasteiger partial charge in [-0.2, -0.15) is 0 Å². The number of rotatable bonds is 2. The van der Waals surface area contributed by atoms with Gasteiger partial charge in [-0.15, -0.1) is 0 Å². The van der Waals surface area contributed by atoms with Crippen LogP contribution >= 0.6 is 0 Å². The van der Waals surface area contributed by atoms with E-state index in [1.54, 1.807) is 13.0 Å². The van der Waals surface area contributed by atoms with Gasteiger partial charge in [0.25, 0.3) is 0 Å². The maximum Gasteiger partial charge on any atom is 0.129 e. The van der Waals surface area contributed by atoms with Gasteiger partial charge in [0.2, 0.25) is 0 Å². The van der Waals surface area contributed by atoms with Crippen LogP contribution in [-0.2, 0) is 0 Å². The van der Waals surface area contributed by atoms with Gasteiger partial charge in [0, 0.05) is 11.1 Å². The lowest BCUT2D eigenvalue weighted by Gasteiger charge is -2.13. The van der Waals surface area contributed by atoms with E-state index in [2.05, 4.69) is 0 Å². The van der Waals surface area contributed by atoms with Crippen molar-refractivity contribution in [3.63, 3.8) is 0 Å². The molecule has 0 spiro atoms. The Morgan fingerprint density at radius 1 is 1.31 bits per heavy atom. The molecule has 0 saturated carbocycles. The van der Waals surface area contributed by atoms with Crippen molar-refractivity contribution in [1.29, 1.82) is 0 Å². The summed E-state index contributed by atoms with van der Waals surface area (Å²) in [5.41, 5.74) is 2.46. The zero-order valence-corrected chi connectivity index (χ0v) is 9.20. The molecule has 1 aromatic carbocycles. The first-order valence-corrected chi connectivity index (χ1v) is 5.06. The minimum Gasteiger partial charge on any atom is -0.472 e. The lowest BCUT2D eigenvalue weighted by atomic mass is 9.97. The Morgan fingerprint density at radius 2 is 2.06 bits per heavy atom. The summed E-state index contributed by atoms with van der Waals surface area (Å²) in [6, 6.07) is 4.90. The first-order valence-electron chi connectivity index (χ1n) is 5.06. The topological polar surface area (TPSA) is 33.4 Å². The molecule has 1 heterocycles. The summed E-state index contributed by atoms with van der Waals surface area (Å²) in [5.74, 6) is -0.383. The van der Waals surface area contributed by atoms with Crippen LogP contribution in [0.25, 0.3) is 0 Å².